The van der Waals surface area contributed by atoms with Crippen LogP contribution in [-0.4, -0.2) is 0 Å². The molecule has 1 heteroatoms. The highest BCUT2D eigenvalue weighted by Gasteiger charge is 1.89. The fraction of sp³-hybridized carbons (Fsp3) is 0.375. The van der Waals surface area contributed by atoms with Gasteiger partial charge < -0.3 is 0 Å². The molecule has 0 saturated carbocycles. The lowest BCUT2D eigenvalue weighted by atomic mass is 10.2. The lowest BCUT2D eigenvalue weighted by molar-refractivity contribution is 0.844. The van der Waals surface area contributed by atoms with Crippen molar-refractivity contribution in [2.45, 2.75) is 19.3 Å². The van der Waals surface area contributed by atoms with Crippen LogP contribution in [0.2, 0.25) is 0 Å². The lowest BCUT2D eigenvalue weighted by Gasteiger charge is -1.90. The Morgan fingerprint density at radius 2 is 2.44 bits per heavy atom. The molecule has 1 aromatic heterocycles. The second kappa shape index (κ2) is 3.67. The molecule has 0 amide bonds. The average Bonchev–Trinajstić information content (AvgIpc) is 2.34. The number of unbranched alkanes of at least 4 members (excludes halogenated alkanes) is 1. The summed E-state index contributed by atoms with van der Waals surface area (Å²) in [6.07, 6.45) is 3.47. The van der Waals surface area contributed by atoms with Gasteiger partial charge in [-0.3, -0.25) is 0 Å². The Balaban J connectivity index is 2.30. The van der Waals surface area contributed by atoms with Gasteiger partial charge in [0.25, 0.3) is 0 Å². The van der Waals surface area contributed by atoms with Crippen molar-refractivity contribution in [3.05, 3.63) is 29.3 Å². The molecular formula is C8H11S. The highest BCUT2D eigenvalue weighted by molar-refractivity contribution is 7.07. The first-order valence-corrected chi connectivity index (χ1v) is 4.18. The van der Waals surface area contributed by atoms with Gasteiger partial charge >= 0.3 is 0 Å². The van der Waals surface area contributed by atoms with E-state index < -0.39 is 0 Å². The summed E-state index contributed by atoms with van der Waals surface area (Å²) in [5.41, 5.74) is 1.46. The molecule has 1 rings (SSSR count). The highest BCUT2D eigenvalue weighted by Crippen LogP contribution is 2.08. The van der Waals surface area contributed by atoms with Crippen LogP contribution in [0.1, 0.15) is 18.4 Å². The van der Waals surface area contributed by atoms with Gasteiger partial charge in [0.05, 0.1) is 0 Å². The molecule has 0 saturated heterocycles. The summed E-state index contributed by atoms with van der Waals surface area (Å²) in [6, 6.07) is 2.18. The zero-order valence-electron chi connectivity index (χ0n) is 5.47. The molecule has 49 valence electrons. The monoisotopic (exact) mass is 139 g/mol. The first-order chi connectivity index (χ1) is 4.43. The van der Waals surface area contributed by atoms with E-state index in [0.717, 1.165) is 6.42 Å². The molecule has 9 heavy (non-hydrogen) atoms. The van der Waals surface area contributed by atoms with Crippen LogP contribution in [0.15, 0.2) is 16.8 Å². The summed E-state index contributed by atoms with van der Waals surface area (Å²) in [4.78, 5) is 0. The molecule has 1 radical (unpaired) electrons. The topological polar surface area (TPSA) is 0 Å². The van der Waals surface area contributed by atoms with Crippen LogP contribution < -0.4 is 0 Å². The van der Waals surface area contributed by atoms with Gasteiger partial charge in [-0.25, -0.2) is 0 Å². The Morgan fingerprint density at radius 3 is 3.00 bits per heavy atom. The molecule has 0 aliphatic heterocycles. The van der Waals surface area contributed by atoms with E-state index >= 15 is 0 Å². The first-order valence-electron chi connectivity index (χ1n) is 3.24. The minimum absolute atomic E-state index is 1.05. The third kappa shape index (κ3) is 2.19. The number of rotatable bonds is 3. The van der Waals surface area contributed by atoms with Gasteiger partial charge in [-0.05, 0) is 35.2 Å². The zero-order chi connectivity index (χ0) is 6.53. The number of aryl methyl sites for hydroxylation is 1. The van der Waals surface area contributed by atoms with Gasteiger partial charge in [0.1, 0.15) is 0 Å². The fourth-order valence-corrected chi connectivity index (χ4v) is 1.47. The Labute approximate surface area is 60.5 Å². The smallest absolute Gasteiger partial charge is 0.00613 e. The predicted octanol–water partition coefficient (Wildman–Crippen LogP) is 2.90. The largest absolute Gasteiger partial charge is 0.152 e. The summed E-state index contributed by atoms with van der Waals surface area (Å²) in [5, 5.41) is 4.33. The van der Waals surface area contributed by atoms with Crippen LogP contribution in [0.25, 0.3) is 0 Å². The van der Waals surface area contributed by atoms with Crippen LogP contribution in [-0.2, 0) is 6.42 Å². The van der Waals surface area contributed by atoms with Gasteiger partial charge in [-0.1, -0.05) is 13.3 Å². The quantitative estimate of drug-likeness (QED) is 0.604. The van der Waals surface area contributed by atoms with Crippen LogP contribution >= 0.6 is 11.3 Å². The maximum absolute atomic E-state index is 3.79. The van der Waals surface area contributed by atoms with E-state index in [9.17, 15) is 0 Å². The van der Waals surface area contributed by atoms with Crippen molar-refractivity contribution in [2.24, 2.45) is 0 Å². The molecular weight excluding hydrogens is 128 g/mol. The van der Waals surface area contributed by atoms with Crippen LogP contribution in [0, 0.1) is 6.92 Å². The van der Waals surface area contributed by atoms with Crippen LogP contribution in [0.3, 0.4) is 0 Å². The Hall–Kier alpha value is -0.300. The van der Waals surface area contributed by atoms with Gasteiger partial charge in [0.2, 0.25) is 0 Å². The SMILES string of the molecule is [CH2]CCCc1ccsc1. The predicted molar refractivity (Wildman–Crippen MR) is 42.6 cm³/mol. The molecule has 0 aliphatic rings. The number of hydrogen-bond acceptors (Lipinski definition) is 1. The van der Waals surface area contributed by atoms with Crippen molar-refractivity contribution < 1.29 is 0 Å². The lowest BCUT2D eigenvalue weighted by Crippen LogP contribution is -1.77. The van der Waals surface area contributed by atoms with Crippen molar-refractivity contribution in [1.29, 1.82) is 0 Å². The Kier molecular flexibility index (Phi) is 2.78. The highest BCUT2D eigenvalue weighted by atomic mass is 32.1. The Morgan fingerprint density at radius 1 is 1.56 bits per heavy atom. The van der Waals surface area contributed by atoms with Crippen molar-refractivity contribution in [1.82, 2.24) is 0 Å². The Bertz CT molecular complexity index is 142. The van der Waals surface area contributed by atoms with Crippen molar-refractivity contribution >= 4 is 11.3 Å². The van der Waals surface area contributed by atoms with Crippen LogP contribution in [0.4, 0.5) is 0 Å². The van der Waals surface area contributed by atoms with Gasteiger partial charge in [-0.2, -0.15) is 11.3 Å². The van der Waals surface area contributed by atoms with Gasteiger partial charge in [0.15, 0.2) is 0 Å². The van der Waals surface area contributed by atoms with E-state index in [0.29, 0.717) is 0 Å². The molecule has 0 unspecified atom stereocenters. The van der Waals surface area contributed by atoms with Crippen molar-refractivity contribution in [3.8, 4) is 0 Å². The summed E-state index contributed by atoms with van der Waals surface area (Å²) >= 11 is 1.77. The van der Waals surface area contributed by atoms with E-state index in [2.05, 4.69) is 23.8 Å². The summed E-state index contributed by atoms with van der Waals surface area (Å²) in [6.45, 7) is 3.79. The number of hydrogen-bond donors (Lipinski definition) is 0. The summed E-state index contributed by atoms with van der Waals surface area (Å²) in [5.74, 6) is 0. The van der Waals surface area contributed by atoms with Gasteiger partial charge in [-0.15, -0.1) is 0 Å². The van der Waals surface area contributed by atoms with E-state index in [1.807, 2.05) is 0 Å². The maximum Gasteiger partial charge on any atom is -0.00613 e. The van der Waals surface area contributed by atoms with E-state index in [1.54, 1.807) is 11.3 Å². The molecule has 0 spiro atoms. The van der Waals surface area contributed by atoms with E-state index in [1.165, 1.54) is 18.4 Å². The minimum atomic E-state index is 1.05. The third-order valence-electron chi connectivity index (χ3n) is 1.30. The van der Waals surface area contributed by atoms with Crippen molar-refractivity contribution in [3.63, 3.8) is 0 Å². The molecule has 0 bridgehead atoms. The molecule has 0 atom stereocenters. The van der Waals surface area contributed by atoms with E-state index in [-0.39, 0.29) is 0 Å². The summed E-state index contributed by atoms with van der Waals surface area (Å²) < 4.78 is 0. The maximum atomic E-state index is 3.79. The molecule has 0 fully saturated rings. The normalized spacial score (nSPS) is 9.89. The second-order valence-corrected chi connectivity index (χ2v) is 2.87. The summed E-state index contributed by atoms with van der Waals surface area (Å²) in [7, 11) is 0. The third-order valence-corrected chi connectivity index (χ3v) is 2.03. The second-order valence-electron chi connectivity index (χ2n) is 2.09. The molecule has 1 heterocycles. The first kappa shape index (κ1) is 6.81. The minimum Gasteiger partial charge on any atom is -0.152 e. The van der Waals surface area contributed by atoms with Gasteiger partial charge in [0, 0.05) is 0 Å². The molecule has 0 aliphatic carbocycles. The van der Waals surface area contributed by atoms with E-state index in [4.69, 9.17) is 0 Å². The molecule has 1 aromatic rings. The average molecular weight is 139 g/mol. The standard InChI is InChI=1S/C8H11S/c1-2-3-4-8-5-6-9-7-8/h5-7H,1-4H2. The zero-order valence-corrected chi connectivity index (χ0v) is 6.29. The fourth-order valence-electron chi connectivity index (χ4n) is 0.764. The molecule has 0 nitrogen and oxygen atoms in total. The molecule has 0 aromatic carbocycles. The van der Waals surface area contributed by atoms with Crippen molar-refractivity contribution in [2.75, 3.05) is 0 Å². The molecule has 0 N–H and O–H groups in total. The van der Waals surface area contributed by atoms with Crippen LogP contribution in [0.5, 0.6) is 0 Å². The number of thiophene rings is 1.